The molecule has 0 aliphatic carbocycles. The SMILES string of the molecule is CCCCCN1CC=C[C@]23O[C@H]4C=CCN(Cc5ccccc5)C(=O)[C@H]4[C@H]2C(=O)N(CCCCCO)C3C1=O. The molecule has 0 saturated carbocycles. The molecule has 3 amide bonds. The van der Waals surface area contributed by atoms with Gasteiger partial charge in [0.2, 0.25) is 17.7 Å². The minimum Gasteiger partial charge on any atom is -0.396 e. The van der Waals surface area contributed by atoms with Crippen molar-refractivity contribution in [2.75, 3.05) is 32.8 Å². The van der Waals surface area contributed by atoms with Crippen LogP contribution in [0.2, 0.25) is 0 Å². The second-order valence-corrected chi connectivity index (χ2v) is 11.2. The molecule has 210 valence electrons. The number of ether oxygens (including phenoxy) is 1. The monoisotopic (exact) mass is 535 g/mol. The van der Waals surface area contributed by atoms with Gasteiger partial charge in [0.25, 0.3) is 0 Å². The van der Waals surface area contributed by atoms with Gasteiger partial charge < -0.3 is 24.5 Å². The summed E-state index contributed by atoms with van der Waals surface area (Å²) in [6, 6.07) is 9.06. The molecule has 5 rings (SSSR count). The molecule has 4 heterocycles. The van der Waals surface area contributed by atoms with E-state index in [0.29, 0.717) is 45.6 Å². The highest BCUT2D eigenvalue weighted by Gasteiger charge is 2.71. The van der Waals surface area contributed by atoms with Crippen LogP contribution in [0.1, 0.15) is 51.0 Å². The number of nitrogens with zero attached hydrogens (tertiary/aromatic N) is 3. The van der Waals surface area contributed by atoms with E-state index in [1.165, 1.54) is 0 Å². The number of likely N-dealkylation sites (tertiary alicyclic amines) is 1. The summed E-state index contributed by atoms with van der Waals surface area (Å²) in [5, 5.41) is 9.24. The third-order valence-corrected chi connectivity index (χ3v) is 8.63. The maximum atomic E-state index is 14.2. The van der Waals surface area contributed by atoms with Gasteiger partial charge in [-0.2, -0.15) is 0 Å². The predicted octanol–water partition coefficient (Wildman–Crippen LogP) is 2.92. The zero-order valence-corrected chi connectivity index (χ0v) is 22.9. The molecule has 2 fully saturated rings. The predicted molar refractivity (Wildman–Crippen MR) is 147 cm³/mol. The summed E-state index contributed by atoms with van der Waals surface area (Å²) >= 11 is 0. The van der Waals surface area contributed by atoms with Crippen LogP contribution >= 0.6 is 0 Å². The second-order valence-electron chi connectivity index (χ2n) is 11.2. The number of benzene rings is 1. The average Bonchev–Trinajstić information content (AvgIpc) is 3.26. The van der Waals surface area contributed by atoms with E-state index in [-0.39, 0.29) is 24.3 Å². The Morgan fingerprint density at radius 1 is 0.897 bits per heavy atom. The minimum atomic E-state index is -1.17. The van der Waals surface area contributed by atoms with E-state index in [2.05, 4.69) is 6.92 Å². The van der Waals surface area contributed by atoms with E-state index < -0.39 is 29.6 Å². The lowest BCUT2D eigenvalue weighted by Gasteiger charge is -2.35. The van der Waals surface area contributed by atoms with Crippen molar-refractivity contribution in [3.05, 3.63) is 60.2 Å². The van der Waals surface area contributed by atoms with Gasteiger partial charge >= 0.3 is 0 Å². The first-order chi connectivity index (χ1) is 19.0. The minimum absolute atomic E-state index is 0.0943. The molecule has 8 heteroatoms. The van der Waals surface area contributed by atoms with Crippen molar-refractivity contribution in [1.82, 2.24) is 14.7 Å². The van der Waals surface area contributed by atoms with Gasteiger partial charge in [-0.15, -0.1) is 0 Å². The molecule has 1 N–H and O–H groups in total. The summed E-state index contributed by atoms with van der Waals surface area (Å²) in [6.45, 7) is 4.65. The Balaban J connectivity index is 1.47. The first-order valence-electron chi connectivity index (χ1n) is 14.6. The maximum absolute atomic E-state index is 14.2. The van der Waals surface area contributed by atoms with Crippen molar-refractivity contribution in [3.63, 3.8) is 0 Å². The second kappa shape index (κ2) is 12.0. The van der Waals surface area contributed by atoms with E-state index in [1.807, 2.05) is 59.5 Å². The fraction of sp³-hybridized carbons (Fsp3) is 0.581. The Hall–Kier alpha value is -2.97. The lowest BCUT2D eigenvalue weighted by Crippen LogP contribution is -2.55. The van der Waals surface area contributed by atoms with Crippen molar-refractivity contribution < 1.29 is 24.2 Å². The van der Waals surface area contributed by atoms with E-state index in [0.717, 1.165) is 31.2 Å². The molecule has 39 heavy (non-hydrogen) atoms. The van der Waals surface area contributed by atoms with Gasteiger partial charge in [0, 0.05) is 39.3 Å². The molecule has 0 bridgehead atoms. The average molecular weight is 536 g/mol. The van der Waals surface area contributed by atoms with Crippen LogP contribution in [0.5, 0.6) is 0 Å². The van der Waals surface area contributed by atoms with Crippen LogP contribution in [-0.4, -0.2) is 88.1 Å². The van der Waals surface area contributed by atoms with Crippen molar-refractivity contribution in [3.8, 4) is 0 Å². The fourth-order valence-corrected chi connectivity index (χ4v) is 6.75. The fourth-order valence-electron chi connectivity index (χ4n) is 6.75. The standard InChI is InChI=1S/C31H41N3O5/c1-2-3-8-17-32-19-12-16-31-26(29(37)34(27(31)30(32)38)20-9-5-10-21-35)25-24(39-31)15-11-18-33(28(25)36)22-23-13-6-4-7-14-23/h4,6-7,11-16,24-27,35H,2-3,5,8-10,17-22H2,1H3/t24-,25+,26-,27?,31-/m0/s1. The molecule has 5 atom stereocenters. The van der Waals surface area contributed by atoms with Gasteiger partial charge in [-0.3, -0.25) is 14.4 Å². The number of hydrogen-bond acceptors (Lipinski definition) is 5. The molecule has 1 spiro atoms. The van der Waals surface area contributed by atoms with Gasteiger partial charge in [0.15, 0.2) is 0 Å². The van der Waals surface area contributed by atoms with Gasteiger partial charge in [0.05, 0.1) is 17.9 Å². The summed E-state index contributed by atoms with van der Waals surface area (Å²) in [7, 11) is 0. The Morgan fingerprint density at radius 2 is 1.67 bits per heavy atom. The van der Waals surface area contributed by atoms with Gasteiger partial charge in [-0.05, 0) is 31.2 Å². The smallest absolute Gasteiger partial charge is 0.249 e. The third-order valence-electron chi connectivity index (χ3n) is 8.63. The number of carbonyl (C=O) groups is 3. The molecule has 8 nitrogen and oxygen atoms in total. The number of amides is 3. The zero-order chi connectivity index (χ0) is 27.4. The van der Waals surface area contributed by atoms with Crippen LogP contribution in [0.15, 0.2) is 54.6 Å². The van der Waals surface area contributed by atoms with Gasteiger partial charge in [0.1, 0.15) is 11.6 Å². The Labute approximate surface area is 231 Å². The van der Waals surface area contributed by atoms with Crippen LogP contribution in [-0.2, 0) is 25.7 Å². The molecular formula is C31H41N3O5. The highest BCUT2D eigenvalue weighted by atomic mass is 16.5. The number of unbranched alkanes of at least 4 members (excludes halogenated alkanes) is 4. The Morgan fingerprint density at radius 3 is 2.44 bits per heavy atom. The number of aliphatic hydroxyl groups excluding tert-OH is 1. The summed E-state index contributed by atoms with van der Waals surface area (Å²) in [4.78, 5) is 47.8. The molecule has 1 aromatic carbocycles. The van der Waals surface area contributed by atoms with E-state index in [9.17, 15) is 19.5 Å². The Kier molecular flexibility index (Phi) is 8.52. The van der Waals surface area contributed by atoms with Crippen molar-refractivity contribution in [1.29, 1.82) is 0 Å². The van der Waals surface area contributed by atoms with E-state index in [4.69, 9.17) is 4.74 Å². The maximum Gasteiger partial charge on any atom is 0.249 e. The molecule has 4 aliphatic heterocycles. The number of fused-ring (bicyclic) bond motifs is 2. The molecule has 0 radical (unpaired) electrons. The number of carbonyl (C=O) groups excluding carboxylic acids is 3. The zero-order valence-electron chi connectivity index (χ0n) is 22.9. The summed E-state index contributed by atoms with van der Waals surface area (Å²) in [5.74, 6) is -1.81. The normalized spacial score (nSPS) is 29.9. The number of hydrogen-bond donors (Lipinski definition) is 1. The third kappa shape index (κ3) is 5.16. The molecule has 4 aliphatic rings. The van der Waals surface area contributed by atoms with Crippen LogP contribution in [0.3, 0.4) is 0 Å². The van der Waals surface area contributed by atoms with Gasteiger partial charge in [-0.1, -0.05) is 74.4 Å². The largest absolute Gasteiger partial charge is 0.396 e. The highest BCUT2D eigenvalue weighted by Crippen LogP contribution is 2.53. The number of rotatable bonds is 11. The molecule has 2 saturated heterocycles. The van der Waals surface area contributed by atoms with Crippen LogP contribution in [0.4, 0.5) is 0 Å². The van der Waals surface area contributed by atoms with E-state index >= 15 is 0 Å². The summed E-state index contributed by atoms with van der Waals surface area (Å²) in [6.07, 6.45) is 12.3. The first-order valence-corrected chi connectivity index (χ1v) is 14.6. The lowest BCUT2D eigenvalue weighted by molar-refractivity contribution is -0.148. The van der Waals surface area contributed by atoms with Crippen molar-refractivity contribution in [2.24, 2.45) is 11.8 Å². The summed E-state index contributed by atoms with van der Waals surface area (Å²) in [5.41, 5.74) is -0.143. The van der Waals surface area contributed by atoms with Crippen LogP contribution in [0.25, 0.3) is 0 Å². The summed E-state index contributed by atoms with van der Waals surface area (Å²) < 4.78 is 6.71. The highest BCUT2D eigenvalue weighted by molar-refractivity contribution is 5.99. The van der Waals surface area contributed by atoms with E-state index in [1.54, 1.807) is 9.80 Å². The van der Waals surface area contributed by atoms with Crippen LogP contribution < -0.4 is 0 Å². The van der Waals surface area contributed by atoms with Crippen LogP contribution in [0, 0.1) is 11.8 Å². The molecule has 1 aromatic rings. The quantitative estimate of drug-likeness (QED) is 0.348. The molecular weight excluding hydrogens is 494 g/mol. The topological polar surface area (TPSA) is 90.4 Å². The van der Waals surface area contributed by atoms with Gasteiger partial charge in [-0.25, -0.2) is 0 Å². The molecule has 0 aromatic heterocycles. The molecule has 1 unspecified atom stereocenters. The lowest BCUT2D eigenvalue weighted by atomic mass is 9.77. The van der Waals surface area contributed by atoms with Crippen molar-refractivity contribution >= 4 is 17.7 Å². The Bertz CT molecular complexity index is 1100. The number of aliphatic hydroxyl groups is 1. The van der Waals surface area contributed by atoms with Crippen molar-refractivity contribution in [2.45, 2.75) is 69.7 Å². The first kappa shape index (κ1) is 27.6.